The lowest BCUT2D eigenvalue weighted by Crippen LogP contribution is -2.01. The molecule has 1 N–H and O–H groups in total. The number of aromatic nitrogens is 1. The molecular weight excluding hydrogens is 248 g/mol. The minimum absolute atomic E-state index is 0.536. The summed E-state index contributed by atoms with van der Waals surface area (Å²) < 4.78 is 5.06. The minimum Gasteiger partial charge on any atom is -0.495 e. The zero-order valence-corrected chi connectivity index (χ0v) is 10.9. The summed E-state index contributed by atoms with van der Waals surface area (Å²) in [6.45, 7) is 0.726. The topological polar surface area (TPSA) is 34.1 Å². The SMILES string of the molecule is COc1ccc(NCc2cccc(CCl)c2)nc1. The number of ether oxygens (including phenoxy) is 1. The fourth-order valence-corrected chi connectivity index (χ4v) is 1.79. The largest absolute Gasteiger partial charge is 0.495 e. The van der Waals surface area contributed by atoms with Crippen LogP contribution in [0.25, 0.3) is 0 Å². The van der Waals surface area contributed by atoms with Crippen LogP contribution in [0.1, 0.15) is 11.1 Å². The summed E-state index contributed by atoms with van der Waals surface area (Å²) in [6, 6.07) is 11.9. The van der Waals surface area contributed by atoms with E-state index in [-0.39, 0.29) is 0 Å². The highest BCUT2D eigenvalue weighted by Crippen LogP contribution is 2.13. The molecule has 3 nitrogen and oxygen atoms in total. The van der Waals surface area contributed by atoms with Gasteiger partial charge in [0.05, 0.1) is 13.3 Å². The number of alkyl halides is 1. The van der Waals surface area contributed by atoms with Crippen LogP contribution in [0, 0.1) is 0 Å². The van der Waals surface area contributed by atoms with Crippen LogP contribution in [-0.2, 0) is 12.4 Å². The normalized spacial score (nSPS) is 10.1. The molecule has 94 valence electrons. The quantitative estimate of drug-likeness (QED) is 0.838. The zero-order valence-electron chi connectivity index (χ0n) is 10.2. The highest BCUT2D eigenvalue weighted by Gasteiger charge is 1.98. The minimum atomic E-state index is 0.536. The van der Waals surface area contributed by atoms with Crippen LogP contribution in [0.2, 0.25) is 0 Å². The van der Waals surface area contributed by atoms with Gasteiger partial charge in [0.25, 0.3) is 0 Å². The molecule has 0 aliphatic heterocycles. The molecule has 0 fully saturated rings. The van der Waals surface area contributed by atoms with Gasteiger partial charge in [-0.15, -0.1) is 11.6 Å². The first-order valence-electron chi connectivity index (χ1n) is 5.69. The average molecular weight is 263 g/mol. The number of benzene rings is 1. The summed E-state index contributed by atoms with van der Waals surface area (Å²) in [7, 11) is 1.63. The molecule has 0 aliphatic rings. The van der Waals surface area contributed by atoms with E-state index >= 15 is 0 Å². The Morgan fingerprint density at radius 1 is 1.22 bits per heavy atom. The maximum Gasteiger partial charge on any atom is 0.137 e. The Morgan fingerprint density at radius 2 is 2.06 bits per heavy atom. The van der Waals surface area contributed by atoms with Gasteiger partial charge in [-0.2, -0.15) is 0 Å². The fraction of sp³-hybridized carbons (Fsp3) is 0.214. The number of nitrogens with zero attached hydrogens (tertiary/aromatic N) is 1. The Hall–Kier alpha value is -1.74. The number of rotatable bonds is 5. The lowest BCUT2D eigenvalue weighted by Gasteiger charge is -2.07. The number of hydrogen-bond donors (Lipinski definition) is 1. The summed E-state index contributed by atoms with van der Waals surface area (Å²) in [5, 5.41) is 3.25. The smallest absolute Gasteiger partial charge is 0.137 e. The van der Waals surface area contributed by atoms with Crippen LogP contribution in [-0.4, -0.2) is 12.1 Å². The first kappa shape index (κ1) is 12.7. The average Bonchev–Trinajstić information content (AvgIpc) is 2.46. The first-order valence-corrected chi connectivity index (χ1v) is 6.23. The number of methoxy groups -OCH3 is 1. The highest BCUT2D eigenvalue weighted by molar-refractivity contribution is 6.17. The molecule has 0 saturated carbocycles. The molecule has 0 radical (unpaired) electrons. The first-order chi connectivity index (χ1) is 8.81. The monoisotopic (exact) mass is 262 g/mol. The van der Waals surface area contributed by atoms with Gasteiger partial charge in [-0.3, -0.25) is 0 Å². The van der Waals surface area contributed by atoms with Crippen LogP contribution >= 0.6 is 11.6 Å². The van der Waals surface area contributed by atoms with E-state index < -0.39 is 0 Å². The molecule has 2 aromatic rings. The fourth-order valence-electron chi connectivity index (χ4n) is 1.62. The molecule has 0 bridgehead atoms. The van der Waals surface area contributed by atoms with Gasteiger partial charge in [0, 0.05) is 12.4 Å². The highest BCUT2D eigenvalue weighted by atomic mass is 35.5. The number of pyridine rings is 1. The number of nitrogens with one attached hydrogen (secondary N) is 1. The molecule has 4 heteroatoms. The van der Waals surface area contributed by atoms with Crippen molar-refractivity contribution in [2.24, 2.45) is 0 Å². The van der Waals surface area contributed by atoms with E-state index in [1.54, 1.807) is 13.3 Å². The molecule has 1 aromatic carbocycles. The van der Waals surface area contributed by atoms with Crippen LogP contribution < -0.4 is 10.1 Å². The van der Waals surface area contributed by atoms with Crippen LogP contribution in [0.4, 0.5) is 5.82 Å². The molecular formula is C14H15ClN2O. The molecule has 0 unspecified atom stereocenters. The molecule has 0 saturated heterocycles. The molecule has 18 heavy (non-hydrogen) atoms. The van der Waals surface area contributed by atoms with Gasteiger partial charge in [0.1, 0.15) is 11.6 Å². The van der Waals surface area contributed by atoms with Crippen LogP contribution in [0.15, 0.2) is 42.6 Å². The standard InChI is InChI=1S/C14H15ClN2O/c1-18-13-5-6-14(17-10-13)16-9-12-4-2-3-11(7-12)8-15/h2-7,10H,8-9H2,1H3,(H,16,17). The van der Waals surface area contributed by atoms with Gasteiger partial charge in [0.2, 0.25) is 0 Å². The van der Waals surface area contributed by atoms with Crippen LogP contribution in [0.3, 0.4) is 0 Å². The summed E-state index contributed by atoms with van der Waals surface area (Å²) >= 11 is 5.80. The Bertz CT molecular complexity index is 499. The molecule has 0 atom stereocenters. The Kier molecular flexibility index (Phi) is 4.42. The van der Waals surface area contributed by atoms with Crippen LogP contribution in [0.5, 0.6) is 5.75 Å². The number of halogens is 1. The van der Waals surface area contributed by atoms with Crippen molar-refractivity contribution in [1.29, 1.82) is 0 Å². The van der Waals surface area contributed by atoms with Gasteiger partial charge in [0.15, 0.2) is 0 Å². The number of hydrogen-bond acceptors (Lipinski definition) is 3. The predicted molar refractivity (Wildman–Crippen MR) is 74.1 cm³/mol. The van der Waals surface area contributed by atoms with Gasteiger partial charge < -0.3 is 10.1 Å². The molecule has 2 rings (SSSR count). The van der Waals surface area contributed by atoms with Gasteiger partial charge in [-0.05, 0) is 23.3 Å². The lowest BCUT2D eigenvalue weighted by atomic mass is 10.1. The third-order valence-electron chi connectivity index (χ3n) is 2.59. The van der Waals surface area contributed by atoms with Crippen molar-refractivity contribution in [3.63, 3.8) is 0 Å². The van der Waals surface area contributed by atoms with E-state index in [9.17, 15) is 0 Å². The maximum absolute atomic E-state index is 5.80. The van der Waals surface area contributed by atoms with E-state index in [4.69, 9.17) is 16.3 Å². The van der Waals surface area contributed by atoms with Gasteiger partial charge in [-0.1, -0.05) is 24.3 Å². The third-order valence-corrected chi connectivity index (χ3v) is 2.90. The van der Waals surface area contributed by atoms with Crippen molar-refractivity contribution in [3.05, 3.63) is 53.7 Å². The zero-order chi connectivity index (χ0) is 12.8. The second-order valence-electron chi connectivity index (χ2n) is 3.89. The predicted octanol–water partition coefficient (Wildman–Crippen LogP) is 3.44. The van der Waals surface area contributed by atoms with Crippen molar-refractivity contribution in [2.75, 3.05) is 12.4 Å². The molecule has 0 spiro atoms. The summed E-state index contributed by atoms with van der Waals surface area (Å²) in [6.07, 6.45) is 1.69. The van der Waals surface area contributed by atoms with E-state index in [2.05, 4.69) is 22.4 Å². The summed E-state index contributed by atoms with van der Waals surface area (Å²) in [4.78, 5) is 4.25. The van der Waals surface area contributed by atoms with Gasteiger partial charge in [-0.25, -0.2) is 4.98 Å². The van der Waals surface area contributed by atoms with Crippen molar-refractivity contribution < 1.29 is 4.74 Å². The van der Waals surface area contributed by atoms with Gasteiger partial charge >= 0.3 is 0 Å². The summed E-state index contributed by atoms with van der Waals surface area (Å²) in [5.74, 6) is 2.12. The molecule has 1 aromatic heterocycles. The molecule has 1 heterocycles. The molecule has 0 amide bonds. The third kappa shape index (κ3) is 3.37. The Labute approximate surface area is 112 Å². The second kappa shape index (κ2) is 6.26. The van der Waals surface area contributed by atoms with Crippen molar-refractivity contribution in [2.45, 2.75) is 12.4 Å². The Morgan fingerprint density at radius 3 is 2.72 bits per heavy atom. The molecule has 0 aliphatic carbocycles. The Balaban J connectivity index is 1.97. The number of anilines is 1. The summed E-state index contributed by atoms with van der Waals surface area (Å²) in [5.41, 5.74) is 2.31. The lowest BCUT2D eigenvalue weighted by molar-refractivity contribution is 0.413. The second-order valence-corrected chi connectivity index (χ2v) is 4.16. The van der Waals surface area contributed by atoms with E-state index in [1.165, 1.54) is 5.56 Å². The maximum atomic E-state index is 5.80. The van der Waals surface area contributed by atoms with E-state index in [1.807, 2.05) is 24.3 Å². The van der Waals surface area contributed by atoms with Crippen molar-refractivity contribution >= 4 is 17.4 Å². The van der Waals surface area contributed by atoms with Crippen molar-refractivity contribution in [3.8, 4) is 5.75 Å². The van der Waals surface area contributed by atoms with E-state index in [0.29, 0.717) is 5.88 Å². The van der Waals surface area contributed by atoms with E-state index in [0.717, 1.165) is 23.7 Å². The van der Waals surface area contributed by atoms with Crippen molar-refractivity contribution in [1.82, 2.24) is 4.98 Å².